The summed E-state index contributed by atoms with van der Waals surface area (Å²) in [6, 6.07) is 4.95. The van der Waals surface area contributed by atoms with E-state index >= 15 is 0 Å². The lowest BCUT2D eigenvalue weighted by Gasteiger charge is -2.30. The molecule has 1 aromatic carbocycles. The lowest BCUT2D eigenvalue weighted by atomic mass is 9.91. The maximum atomic E-state index is 13.1. The van der Waals surface area contributed by atoms with Gasteiger partial charge in [-0.2, -0.15) is 13.2 Å². The van der Waals surface area contributed by atoms with Crippen LogP contribution < -0.4 is 5.32 Å². The van der Waals surface area contributed by atoms with E-state index in [-0.39, 0.29) is 12.0 Å². The van der Waals surface area contributed by atoms with Crippen LogP contribution in [0.4, 0.5) is 24.8 Å². The molecule has 5 nitrogen and oxygen atoms in total. The molecule has 1 aliphatic carbocycles. The first kappa shape index (κ1) is 17.3. The van der Waals surface area contributed by atoms with Crippen molar-refractivity contribution in [1.29, 1.82) is 0 Å². The van der Waals surface area contributed by atoms with Crippen molar-refractivity contribution in [2.24, 2.45) is 5.41 Å². The molecular weight excluding hydrogens is 333 g/mol. The van der Waals surface area contributed by atoms with Crippen LogP contribution in [-0.4, -0.2) is 21.6 Å². The van der Waals surface area contributed by atoms with Crippen molar-refractivity contribution in [3.05, 3.63) is 29.6 Å². The monoisotopic (exact) mass is 350 g/mol. The van der Waals surface area contributed by atoms with Crippen LogP contribution in [0.1, 0.15) is 39.2 Å². The van der Waals surface area contributed by atoms with Crippen molar-refractivity contribution in [3.8, 4) is 0 Å². The van der Waals surface area contributed by atoms with Crippen LogP contribution >= 0.6 is 0 Å². The summed E-state index contributed by atoms with van der Waals surface area (Å²) in [4.78, 5) is 19.9. The van der Waals surface area contributed by atoms with E-state index in [1.807, 2.05) is 0 Å². The van der Waals surface area contributed by atoms with Crippen molar-refractivity contribution >= 4 is 28.6 Å². The van der Waals surface area contributed by atoms with E-state index < -0.39 is 17.5 Å². The Kier molecular flexibility index (Phi) is 3.98. The summed E-state index contributed by atoms with van der Waals surface area (Å²) in [5, 5.41) is 2.35. The van der Waals surface area contributed by atoms with Gasteiger partial charge in [-0.05, 0) is 45.2 Å². The first-order valence-electron chi connectivity index (χ1n) is 7.93. The molecule has 3 rings (SSSR count). The number of alkyl halides is 3. The average molecular weight is 350 g/mol. The Labute approximate surface area is 142 Å². The molecule has 0 atom stereocenters. The molecule has 2 aromatic rings. The number of imidazole rings is 1. The predicted molar refractivity (Wildman–Crippen MR) is 87.3 cm³/mol. The molecule has 1 aliphatic rings. The Morgan fingerprint density at radius 3 is 2.56 bits per heavy atom. The standard InChI is InChI=1S/C17H17F3N4O/c1-16(2,17(18,19)20)14(25)23-15-22-12-8-7-10(21-3)9-13(12)24(15)11-5-4-6-11/h7-9,11H,4-6H2,1-2H3,(H,22,23,25). The minimum atomic E-state index is -4.67. The number of hydrogen-bond acceptors (Lipinski definition) is 2. The molecule has 0 bridgehead atoms. The van der Waals surface area contributed by atoms with Crippen LogP contribution in [0, 0.1) is 12.0 Å². The van der Waals surface area contributed by atoms with Crippen LogP contribution in [-0.2, 0) is 4.79 Å². The Balaban J connectivity index is 2.04. The van der Waals surface area contributed by atoms with Crippen molar-refractivity contribution in [2.75, 3.05) is 5.32 Å². The number of nitrogens with zero attached hydrogens (tertiary/aromatic N) is 3. The van der Waals surface area contributed by atoms with Crippen molar-refractivity contribution in [1.82, 2.24) is 9.55 Å². The molecular formula is C17H17F3N4O. The number of benzene rings is 1. The van der Waals surface area contributed by atoms with Gasteiger partial charge in [-0.3, -0.25) is 10.1 Å². The fourth-order valence-electron chi connectivity index (χ4n) is 2.64. The molecule has 1 aromatic heterocycles. The van der Waals surface area contributed by atoms with E-state index in [1.54, 1.807) is 22.8 Å². The molecule has 8 heteroatoms. The molecule has 0 unspecified atom stereocenters. The van der Waals surface area contributed by atoms with E-state index in [0.717, 1.165) is 33.1 Å². The number of carbonyl (C=O) groups excluding carboxylic acids is 1. The summed E-state index contributed by atoms with van der Waals surface area (Å²) in [6.07, 6.45) is -1.94. The van der Waals surface area contributed by atoms with Gasteiger partial charge in [0.2, 0.25) is 11.9 Å². The molecule has 25 heavy (non-hydrogen) atoms. The summed E-state index contributed by atoms with van der Waals surface area (Å²) in [6.45, 7) is 8.81. The maximum Gasteiger partial charge on any atom is 0.402 e. The zero-order chi connectivity index (χ0) is 18.4. The molecule has 1 heterocycles. The zero-order valence-corrected chi connectivity index (χ0v) is 13.8. The van der Waals surface area contributed by atoms with Gasteiger partial charge >= 0.3 is 6.18 Å². The van der Waals surface area contributed by atoms with Gasteiger partial charge in [-0.15, -0.1) is 0 Å². The smallest absolute Gasteiger partial charge is 0.308 e. The number of halogens is 3. The lowest BCUT2D eigenvalue weighted by Crippen LogP contribution is -2.43. The van der Waals surface area contributed by atoms with Crippen LogP contribution in [0.5, 0.6) is 0 Å². The Bertz CT molecular complexity index is 872. The van der Waals surface area contributed by atoms with Gasteiger partial charge in [-0.1, -0.05) is 6.07 Å². The highest BCUT2D eigenvalue weighted by molar-refractivity contribution is 5.96. The number of aromatic nitrogens is 2. The lowest BCUT2D eigenvalue weighted by molar-refractivity contribution is -0.208. The second-order valence-electron chi connectivity index (χ2n) is 6.75. The molecule has 1 saturated carbocycles. The number of carbonyl (C=O) groups is 1. The quantitative estimate of drug-likeness (QED) is 0.806. The minimum Gasteiger partial charge on any atom is -0.308 e. The second kappa shape index (κ2) is 5.76. The van der Waals surface area contributed by atoms with Crippen molar-refractivity contribution < 1.29 is 18.0 Å². The number of anilines is 1. The van der Waals surface area contributed by atoms with E-state index in [2.05, 4.69) is 15.1 Å². The number of rotatable bonds is 3. The fraction of sp³-hybridized carbons (Fsp3) is 0.471. The van der Waals surface area contributed by atoms with Crippen molar-refractivity contribution in [3.63, 3.8) is 0 Å². The summed E-state index contributed by atoms with van der Waals surface area (Å²) in [5.74, 6) is -1.05. The third-order valence-electron chi connectivity index (χ3n) is 4.74. The van der Waals surface area contributed by atoms with Gasteiger partial charge in [0.25, 0.3) is 0 Å². The summed E-state index contributed by atoms with van der Waals surface area (Å²) >= 11 is 0. The van der Waals surface area contributed by atoms with Gasteiger partial charge in [-0.25, -0.2) is 9.83 Å². The van der Waals surface area contributed by atoms with Crippen LogP contribution in [0.2, 0.25) is 0 Å². The zero-order valence-electron chi connectivity index (χ0n) is 13.8. The van der Waals surface area contributed by atoms with Gasteiger partial charge in [0.1, 0.15) is 5.41 Å². The maximum absolute atomic E-state index is 13.1. The number of fused-ring (bicyclic) bond motifs is 1. The van der Waals surface area contributed by atoms with E-state index in [4.69, 9.17) is 6.57 Å². The fourth-order valence-corrected chi connectivity index (χ4v) is 2.64. The number of amides is 1. The molecule has 1 fully saturated rings. The topological polar surface area (TPSA) is 51.3 Å². The molecule has 0 radical (unpaired) electrons. The Morgan fingerprint density at radius 2 is 2.04 bits per heavy atom. The first-order chi connectivity index (χ1) is 11.6. The van der Waals surface area contributed by atoms with Crippen LogP contribution in [0.3, 0.4) is 0 Å². The number of hydrogen-bond donors (Lipinski definition) is 1. The summed E-state index contributed by atoms with van der Waals surface area (Å²) in [7, 11) is 0. The molecule has 0 spiro atoms. The Hall–Kier alpha value is -2.56. The van der Waals surface area contributed by atoms with Crippen LogP contribution in [0.15, 0.2) is 18.2 Å². The highest BCUT2D eigenvalue weighted by Gasteiger charge is 2.53. The molecule has 1 amide bonds. The van der Waals surface area contributed by atoms with E-state index in [9.17, 15) is 18.0 Å². The third-order valence-corrected chi connectivity index (χ3v) is 4.74. The van der Waals surface area contributed by atoms with Crippen molar-refractivity contribution in [2.45, 2.75) is 45.3 Å². The minimum absolute atomic E-state index is 0.0651. The average Bonchev–Trinajstić information content (AvgIpc) is 2.82. The first-order valence-corrected chi connectivity index (χ1v) is 7.93. The normalized spacial score (nSPS) is 15.7. The van der Waals surface area contributed by atoms with E-state index in [0.29, 0.717) is 16.7 Å². The second-order valence-corrected chi connectivity index (χ2v) is 6.75. The third kappa shape index (κ3) is 2.84. The van der Waals surface area contributed by atoms with Gasteiger partial charge < -0.3 is 4.57 Å². The van der Waals surface area contributed by atoms with Gasteiger partial charge in [0.15, 0.2) is 5.69 Å². The Morgan fingerprint density at radius 1 is 1.36 bits per heavy atom. The molecule has 1 N–H and O–H groups in total. The SMILES string of the molecule is [C-]#[N+]c1ccc2nc(NC(=O)C(C)(C)C(F)(F)F)n(C3CCC3)c2c1. The predicted octanol–water partition coefficient (Wildman–Crippen LogP) is 4.84. The van der Waals surface area contributed by atoms with Gasteiger partial charge in [0.05, 0.1) is 17.6 Å². The molecule has 0 aliphatic heterocycles. The van der Waals surface area contributed by atoms with Crippen LogP contribution in [0.25, 0.3) is 15.9 Å². The van der Waals surface area contributed by atoms with Gasteiger partial charge in [0, 0.05) is 6.04 Å². The molecule has 132 valence electrons. The largest absolute Gasteiger partial charge is 0.402 e. The highest BCUT2D eigenvalue weighted by atomic mass is 19.4. The number of nitrogens with one attached hydrogen (secondary N) is 1. The summed E-state index contributed by atoms with van der Waals surface area (Å²) < 4.78 is 41.1. The highest BCUT2D eigenvalue weighted by Crippen LogP contribution is 2.41. The molecule has 0 saturated heterocycles. The summed E-state index contributed by atoms with van der Waals surface area (Å²) in [5.41, 5.74) is -0.920. The van der Waals surface area contributed by atoms with E-state index in [1.165, 1.54) is 0 Å².